The molecule has 0 heterocycles. The highest BCUT2D eigenvalue weighted by molar-refractivity contribution is 7.86. The van der Waals surface area contributed by atoms with Crippen molar-refractivity contribution in [3.63, 3.8) is 0 Å². The number of aryl methyl sites for hydroxylation is 1. The molecule has 23 heavy (non-hydrogen) atoms. The Labute approximate surface area is 136 Å². The zero-order valence-corrected chi connectivity index (χ0v) is 14.5. The molecule has 7 nitrogen and oxygen atoms in total. The smallest absolute Gasteiger partial charge is 0.407 e. The second-order valence-corrected chi connectivity index (χ2v) is 7.70. The van der Waals surface area contributed by atoms with Gasteiger partial charge in [-0.1, -0.05) is 17.7 Å². The van der Waals surface area contributed by atoms with Crippen LogP contribution in [0.4, 0.5) is 4.79 Å². The number of carbonyl (C=O) groups is 1. The number of alkyl carbamates (subject to hydrolysis) is 1. The van der Waals surface area contributed by atoms with E-state index in [4.69, 9.17) is 8.92 Å². The SMILES string of the molecule is Cc1ccc(S(=O)(=O)OC[C@@H](O)CNC(=O)OC(C)(C)C)cc1. The standard InChI is InChI=1S/C15H23NO6S/c1-11-5-7-13(8-6-11)23(19,20)21-10-12(17)9-16-14(18)22-15(2,3)4/h5-8,12,17H,9-10H2,1-4H3,(H,16,18)/t12-/m0/s1. The monoisotopic (exact) mass is 345 g/mol. The van der Waals surface area contributed by atoms with Crippen LogP contribution in [0, 0.1) is 6.92 Å². The minimum Gasteiger partial charge on any atom is -0.444 e. The number of carbonyl (C=O) groups excluding carboxylic acids is 1. The van der Waals surface area contributed by atoms with Gasteiger partial charge in [0, 0.05) is 6.54 Å². The molecule has 1 amide bonds. The zero-order chi connectivity index (χ0) is 17.7. The number of hydrogen-bond acceptors (Lipinski definition) is 6. The fourth-order valence-corrected chi connectivity index (χ4v) is 2.46. The zero-order valence-electron chi connectivity index (χ0n) is 13.7. The molecule has 1 atom stereocenters. The highest BCUT2D eigenvalue weighted by Gasteiger charge is 2.19. The summed E-state index contributed by atoms with van der Waals surface area (Å²) in [6.45, 7) is 6.31. The second kappa shape index (κ2) is 7.76. The molecule has 1 rings (SSSR count). The van der Waals surface area contributed by atoms with Crippen molar-refractivity contribution in [1.29, 1.82) is 0 Å². The van der Waals surface area contributed by atoms with Gasteiger partial charge in [0.2, 0.25) is 0 Å². The molecule has 130 valence electrons. The van der Waals surface area contributed by atoms with Gasteiger partial charge in [0.25, 0.3) is 10.1 Å². The lowest BCUT2D eigenvalue weighted by atomic mass is 10.2. The maximum Gasteiger partial charge on any atom is 0.407 e. The van der Waals surface area contributed by atoms with Crippen molar-refractivity contribution >= 4 is 16.2 Å². The van der Waals surface area contributed by atoms with Crippen LogP contribution in [0.15, 0.2) is 29.2 Å². The van der Waals surface area contributed by atoms with E-state index in [1.165, 1.54) is 12.1 Å². The van der Waals surface area contributed by atoms with E-state index in [-0.39, 0.29) is 11.4 Å². The van der Waals surface area contributed by atoms with E-state index >= 15 is 0 Å². The maximum absolute atomic E-state index is 11.9. The summed E-state index contributed by atoms with van der Waals surface area (Å²) in [4.78, 5) is 11.4. The first-order valence-corrected chi connectivity index (χ1v) is 8.51. The number of aliphatic hydroxyl groups excluding tert-OH is 1. The van der Waals surface area contributed by atoms with Gasteiger partial charge in [-0.05, 0) is 39.8 Å². The predicted octanol–water partition coefficient (Wildman–Crippen LogP) is 1.59. The Bertz CT molecular complexity index is 618. The number of hydrogen-bond donors (Lipinski definition) is 2. The van der Waals surface area contributed by atoms with Gasteiger partial charge in [0.05, 0.1) is 17.6 Å². The van der Waals surface area contributed by atoms with Crippen LogP contribution < -0.4 is 5.32 Å². The third kappa shape index (κ3) is 7.45. The van der Waals surface area contributed by atoms with Gasteiger partial charge in [-0.3, -0.25) is 4.18 Å². The Balaban J connectivity index is 2.45. The van der Waals surface area contributed by atoms with E-state index in [1.807, 2.05) is 6.92 Å². The van der Waals surface area contributed by atoms with Gasteiger partial charge >= 0.3 is 6.09 Å². The van der Waals surface area contributed by atoms with Crippen LogP contribution in [0.3, 0.4) is 0 Å². The van der Waals surface area contributed by atoms with E-state index in [0.717, 1.165) is 5.56 Å². The second-order valence-electron chi connectivity index (χ2n) is 6.09. The molecule has 0 radical (unpaired) electrons. The Hall–Kier alpha value is -1.64. The lowest BCUT2D eigenvalue weighted by molar-refractivity contribution is 0.0466. The molecule has 1 aromatic rings. The lowest BCUT2D eigenvalue weighted by Crippen LogP contribution is -2.38. The summed E-state index contributed by atoms with van der Waals surface area (Å²) in [6.07, 6.45) is -1.87. The van der Waals surface area contributed by atoms with Crippen LogP contribution in [0.2, 0.25) is 0 Å². The Morgan fingerprint density at radius 3 is 2.35 bits per heavy atom. The fourth-order valence-electron chi connectivity index (χ4n) is 1.52. The molecule has 2 N–H and O–H groups in total. The van der Waals surface area contributed by atoms with Crippen molar-refractivity contribution in [1.82, 2.24) is 5.32 Å². The minimum atomic E-state index is -3.94. The molecule has 0 saturated carbocycles. The first kappa shape index (κ1) is 19.4. The van der Waals surface area contributed by atoms with Crippen LogP contribution in [-0.2, 0) is 19.0 Å². The average Bonchev–Trinajstić information content (AvgIpc) is 2.41. The summed E-state index contributed by atoms with van der Waals surface area (Å²) >= 11 is 0. The normalized spacial score (nSPS) is 13.4. The van der Waals surface area contributed by atoms with Gasteiger partial charge in [-0.25, -0.2) is 4.79 Å². The van der Waals surface area contributed by atoms with Crippen molar-refractivity contribution in [2.75, 3.05) is 13.2 Å². The van der Waals surface area contributed by atoms with Crippen LogP contribution >= 0.6 is 0 Å². The molecular formula is C15H23NO6S. The Morgan fingerprint density at radius 1 is 1.26 bits per heavy atom. The largest absolute Gasteiger partial charge is 0.444 e. The van der Waals surface area contributed by atoms with Crippen LogP contribution in [0.5, 0.6) is 0 Å². The number of amides is 1. The lowest BCUT2D eigenvalue weighted by Gasteiger charge is -2.20. The highest BCUT2D eigenvalue weighted by Crippen LogP contribution is 2.13. The Kier molecular flexibility index (Phi) is 6.55. The number of benzene rings is 1. The maximum atomic E-state index is 11.9. The summed E-state index contributed by atoms with van der Waals surface area (Å²) < 4.78 is 33.6. The van der Waals surface area contributed by atoms with Crippen molar-refractivity contribution in [3.8, 4) is 0 Å². The quantitative estimate of drug-likeness (QED) is 0.759. The predicted molar refractivity (Wildman–Crippen MR) is 84.6 cm³/mol. The Morgan fingerprint density at radius 2 is 1.83 bits per heavy atom. The van der Waals surface area contributed by atoms with Crippen molar-refractivity contribution in [3.05, 3.63) is 29.8 Å². The molecule has 0 aliphatic rings. The van der Waals surface area contributed by atoms with Crippen LogP contribution in [0.1, 0.15) is 26.3 Å². The van der Waals surface area contributed by atoms with Gasteiger partial charge < -0.3 is 15.2 Å². The average molecular weight is 345 g/mol. The molecule has 8 heteroatoms. The first-order valence-electron chi connectivity index (χ1n) is 7.10. The van der Waals surface area contributed by atoms with Crippen molar-refractivity contribution in [2.24, 2.45) is 0 Å². The van der Waals surface area contributed by atoms with Gasteiger partial charge in [0.15, 0.2) is 0 Å². The number of nitrogens with one attached hydrogen (secondary N) is 1. The minimum absolute atomic E-state index is 0.00963. The molecule has 0 aliphatic heterocycles. The van der Waals surface area contributed by atoms with Gasteiger partial charge in [0.1, 0.15) is 5.60 Å². The number of ether oxygens (including phenoxy) is 1. The van der Waals surface area contributed by atoms with Crippen molar-refractivity contribution < 1.29 is 27.2 Å². The van der Waals surface area contributed by atoms with Crippen molar-refractivity contribution in [2.45, 2.75) is 44.3 Å². The van der Waals surface area contributed by atoms with E-state index in [0.29, 0.717) is 0 Å². The first-order chi connectivity index (χ1) is 10.5. The fraction of sp³-hybridized carbons (Fsp3) is 0.533. The molecular weight excluding hydrogens is 322 g/mol. The number of rotatable bonds is 6. The third-order valence-corrected chi connectivity index (χ3v) is 3.90. The summed E-state index contributed by atoms with van der Waals surface area (Å²) in [5, 5.41) is 12.0. The van der Waals surface area contributed by atoms with E-state index < -0.39 is 34.5 Å². The third-order valence-electron chi connectivity index (χ3n) is 2.61. The summed E-state index contributed by atoms with van der Waals surface area (Å²) in [7, 11) is -3.94. The summed E-state index contributed by atoms with van der Waals surface area (Å²) in [6, 6.07) is 6.15. The molecule has 0 fully saturated rings. The number of aliphatic hydroxyl groups is 1. The highest BCUT2D eigenvalue weighted by atomic mass is 32.2. The van der Waals surface area contributed by atoms with Gasteiger partial charge in [-0.15, -0.1) is 0 Å². The van der Waals surface area contributed by atoms with E-state index in [1.54, 1.807) is 32.9 Å². The van der Waals surface area contributed by atoms with Crippen LogP contribution in [0.25, 0.3) is 0 Å². The summed E-state index contributed by atoms with van der Waals surface area (Å²) in [5.74, 6) is 0. The molecule has 0 unspecified atom stereocenters. The molecule has 0 aliphatic carbocycles. The molecule has 0 spiro atoms. The molecule has 0 bridgehead atoms. The topological polar surface area (TPSA) is 102 Å². The van der Waals surface area contributed by atoms with Crippen LogP contribution in [-0.4, -0.2) is 44.5 Å². The molecule has 1 aromatic carbocycles. The van der Waals surface area contributed by atoms with E-state index in [9.17, 15) is 18.3 Å². The molecule has 0 aromatic heterocycles. The molecule has 0 saturated heterocycles. The van der Waals surface area contributed by atoms with Gasteiger partial charge in [-0.2, -0.15) is 8.42 Å². The summed E-state index contributed by atoms with van der Waals surface area (Å²) in [5.41, 5.74) is 0.269. The van der Waals surface area contributed by atoms with E-state index in [2.05, 4.69) is 5.32 Å².